The quantitative estimate of drug-likeness (QED) is 0.258. The van der Waals surface area contributed by atoms with Crippen molar-refractivity contribution in [2.75, 3.05) is 11.6 Å². The first-order chi connectivity index (χ1) is 17.5. The van der Waals surface area contributed by atoms with Gasteiger partial charge in [-0.1, -0.05) is 48.0 Å². The Morgan fingerprint density at radius 2 is 1.59 bits per heavy atom. The number of rotatable bonds is 9. The highest BCUT2D eigenvalue weighted by Crippen LogP contribution is 2.31. The zero-order chi connectivity index (χ0) is 26.8. The largest absolute Gasteiger partial charge is 0.289 e. The molecule has 0 aromatic heterocycles. The van der Waals surface area contributed by atoms with E-state index >= 15 is 0 Å². The van der Waals surface area contributed by atoms with Gasteiger partial charge in [-0.05, 0) is 47.5 Å². The van der Waals surface area contributed by atoms with E-state index in [1.807, 2.05) is 0 Å². The molecule has 0 saturated heterocycles. The van der Waals surface area contributed by atoms with Gasteiger partial charge < -0.3 is 0 Å². The van der Waals surface area contributed by atoms with E-state index in [4.69, 9.17) is 16.8 Å². The van der Waals surface area contributed by atoms with Crippen molar-refractivity contribution in [3.63, 3.8) is 0 Å². The van der Waals surface area contributed by atoms with Crippen LogP contribution < -0.4 is 10.2 Å². The topological polar surface area (TPSA) is 150 Å². The van der Waals surface area contributed by atoms with E-state index in [9.17, 15) is 26.4 Å². The lowest BCUT2D eigenvalue weighted by atomic mass is 10.1. The van der Waals surface area contributed by atoms with E-state index in [0.717, 1.165) is 22.9 Å². The molecule has 1 aliphatic rings. The van der Waals surface area contributed by atoms with Gasteiger partial charge in [0.05, 0.1) is 16.3 Å². The summed E-state index contributed by atoms with van der Waals surface area (Å²) < 4.78 is 54.1. The van der Waals surface area contributed by atoms with Crippen LogP contribution in [0.25, 0.3) is 11.1 Å². The van der Waals surface area contributed by atoms with Crippen molar-refractivity contribution < 1.29 is 31.6 Å². The molecule has 0 spiro atoms. The SMILES string of the molecule is O=C(NO)[C@H](CSCN1C(=O)c2ccccc2S1(=O)=O)NS(=O)(=O)c1ccc(-c2ccc(Cl)cc2)cc1. The summed E-state index contributed by atoms with van der Waals surface area (Å²) in [5, 5.41) is 9.66. The van der Waals surface area contributed by atoms with Crippen molar-refractivity contribution in [3.8, 4) is 11.1 Å². The zero-order valence-corrected chi connectivity index (χ0v) is 22.1. The molecule has 0 bridgehead atoms. The number of carbonyl (C=O) groups excluding carboxylic acids is 2. The van der Waals surface area contributed by atoms with E-state index in [1.165, 1.54) is 35.8 Å². The molecule has 10 nitrogen and oxygen atoms in total. The van der Waals surface area contributed by atoms with Crippen LogP contribution in [0.3, 0.4) is 0 Å². The van der Waals surface area contributed by atoms with E-state index in [2.05, 4.69) is 4.72 Å². The van der Waals surface area contributed by atoms with E-state index in [1.54, 1.807) is 42.5 Å². The van der Waals surface area contributed by atoms with Crippen LogP contribution in [0, 0.1) is 0 Å². The second-order valence-corrected chi connectivity index (χ2v) is 12.8. The van der Waals surface area contributed by atoms with E-state index in [0.29, 0.717) is 9.33 Å². The van der Waals surface area contributed by atoms with Gasteiger partial charge in [0.25, 0.3) is 21.8 Å². The van der Waals surface area contributed by atoms with Crippen molar-refractivity contribution in [2.45, 2.75) is 15.8 Å². The number of nitrogens with zero attached hydrogens (tertiary/aromatic N) is 1. The Balaban J connectivity index is 1.45. The van der Waals surface area contributed by atoms with Crippen molar-refractivity contribution in [1.82, 2.24) is 14.5 Å². The molecule has 3 N–H and O–H groups in total. The minimum atomic E-state index is -4.20. The molecule has 0 saturated carbocycles. The maximum Gasteiger partial charge on any atom is 0.269 e. The standard InChI is InChI=1S/C23H20ClN3O7S3/c24-17-9-5-15(6-10-17)16-7-11-18(12-8-16)36(31,32)26-20(22(28)25-30)13-35-14-27-23(29)19-3-1-2-4-21(19)37(27,33)34/h1-12,20,26,30H,13-14H2,(H,25,28)/t20-/m0/s1. The summed E-state index contributed by atoms with van der Waals surface area (Å²) in [5.41, 5.74) is 3.01. The van der Waals surface area contributed by atoms with Crippen LogP contribution in [0.1, 0.15) is 10.4 Å². The first-order valence-corrected chi connectivity index (χ1v) is 15.1. The summed E-state index contributed by atoms with van der Waals surface area (Å²) in [6, 6.07) is 17.2. The number of halogens is 1. The molecule has 37 heavy (non-hydrogen) atoms. The van der Waals surface area contributed by atoms with Crippen molar-refractivity contribution in [2.24, 2.45) is 0 Å². The predicted molar refractivity (Wildman–Crippen MR) is 138 cm³/mol. The summed E-state index contributed by atoms with van der Waals surface area (Å²) in [5.74, 6) is -2.40. The number of thioether (sulfide) groups is 1. The number of nitrogens with one attached hydrogen (secondary N) is 2. The maximum absolute atomic E-state index is 12.9. The van der Waals surface area contributed by atoms with Crippen molar-refractivity contribution >= 4 is 55.2 Å². The third-order valence-electron chi connectivity index (χ3n) is 5.47. The van der Waals surface area contributed by atoms with Gasteiger partial charge in [0.1, 0.15) is 10.9 Å². The molecule has 2 amide bonds. The van der Waals surface area contributed by atoms with Gasteiger partial charge in [0, 0.05) is 10.8 Å². The van der Waals surface area contributed by atoms with Crippen LogP contribution in [0.2, 0.25) is 5.02 Å². The number of fused-ring (bicyclic) bond motifs is 1. The zero-order valence-electron chi connectivity index (χ0n) is 18.9. The highest BCUT2D eigenvalue weighted by Gasteiger charge is 2.41. The molecule has 4 rings (SSSR count). The highest BCUT2D eigenvalue weighted by atomic mass is 35.5. The number of benzene rings is 3. The number of sulfonamides is 2. The van der Waals surface area contributed by atoms with Crippen molar-refractivity contribution in [3.05, 3.63) is 83.4 Å². The molecule has 3 aromatic carbocycles. The molecular weight excluding hydrogens is 562 g/mol. The first-order valence-electron chi connectivity index (χ1n) is 10.6. The summed E-state index contributed by atoms with van der Waals surface area (Å²) in [4.78, 5) is 24.5. The number of carbonyl (C=O) groups is 2. The Labute approximate surface area is 222 Å². The fourth-order valence-corrected chi connectivity index (χ4v) is 7.88. The van der Waals surface area contributed by atoms with Crippen LogP contribution in [0.4, 0.5) is 0 Å². The van der Waals surface area contributed by atoms with Gasteiger partial charge >= 0.3 is 0 Å². The highest BCUT2D eigenvalue weighted by molar-refractivity contribution is 8.00. The Morgan fingerprint density at radius 1 is 1.00 bits per heavy atom. The Bertz CT molecular complexity index is 1550. The minimum absolute atomic E-state index is 0.0375. The molecule has 0 radical (unpaired) electrons. The summed E-state index contributed by atoms with van der Waals surface area (Å²) in [7, 11) is -8.26. The van der Waals surface area contributed by atoms with Crippen LogP contribution >= 0.6 is 23.4 Å². The molecule has 3 aromatic rings. The van der Waals surface area contributed by atoms with Crippen LogP contribution in [-0.4, -0.2) is 55.8 Å². The van der Waals surface area contributed by atoms with Gasteiger partial charge in [0.2, 0.25) is 10.0 Å². The third-order valence-corrected chi connectivity index (χ3v) is 10.2. The fourth-order valence-electron chi connectivity index (χ4n) is 3.58. The lowest BCUT2D eigenvalue weighted by molar-refractivity contribution is -0.130. The number of hydroxylamine groups is 1. The monoisotopic (exact) mass is 581 g/mol. The first kappa shape index (κ1) is 27.1. The van der Waals surface area contributed by atoms with Gasteiger partial charge in [-0.15, -0.1) is 11.8 Å². The molecule has 1 heterocycles. The molecule has 194 valence electrons. The smallest absolute Gasteiger partial charge is 0.269 e. The second kappa shape index (κ2) is 10.8. The lowest BCUT2D eigenvalue weighted by Crippen LogP contribution is -2.47. The van der Waals surface area contributed by atoms with Crippen LogP contribution in [0.15, 0.2) is 82.6 Å². The fraction of sp³-hybridized carbons (Fsp3) is 0.130. The Morgan fingerprint density at radius 3 is 2.19 bits per heavy atom. The Kier molecular flexibility index (Phi) is 7.92. The molecule has 1 aliphatic heterocycles. The maximum atomic E-state index is 12.9. The van der Waals surface area contributed by atoms with Crippen LogP contribution in [-0.2, 0) is 24.8 Å². The average molecular weight is 582 g/mol. The number of hydrogen-bond donors (Lipinski definition) is 3. The third kappa shape index (κ3) is 5.66. The predicted octanol–water partition coefficient (Wildman–Crippen LogP) is 2.69. The Hall–Kier alpha value is -2.94. The number of amides is 2. The van der Waals surface area contributed by atoms with Crippen LogP contribution in [0.5, 0.6) is 0 Å². The molecule has 1 atom stereocenters. The van der Waals surface area contributed by atoms with Gasteiger partial charge in [0.15, 0.2) is 0 Å². The molecule has 0 unspecified atom stereocenters. The molecule has 0 fully saturated rings. The van der Waals surface area contributed by atoms with E-state index in [-0.39, 0.29) is 27.0 Å². The van der Waals surface area contributed by atoms with E-state index < -0.39 is 37.9 Å². The second-order valence-electron chi connectivity index (χ2n) is 7.84. The van der Waals surface area contributed by atoms with Gasteiger partial charge in [-0.2, -0.15) is 4.72 Å². The van der Waals surface area contributed by atoms with Gasteiger partial charge in [-0.3, -0.25) is 14.8 Å². The van der Waals surface area contributed by atoms with Gasteiger partial charge in [-0.25, -0.2) is 26.6 Å². The average Bonchev–Trinajstić information content (AvgIpc) is 3.08. The number of hydrogen-bond acceptors (Lipinski definition) is 8. The summed E-state index contributed by atoms with van der Waals surface area (Å²) >= 11 is 6.73. The van der Waals surface area contributed by atoms with Crippen molar-refractivity contribution in [1.29, 1.82) is 0 Å². The molecule has 14 heteroatoms. The summed E-state index contributed by atoms with van der Waals surface area (Å²) in [6.07, 6.45) is 0. The molecular formula is C23H20ClN3O7S3. The lowest BCUT2D eigenvalue weighted by Gasteiger charge is -2.19. The minimum Gasteiger partial charge on any atom is -0.289 e. The normalized spacial score (nSPS) is 15.3. The molecule has 0 aliphatic carbocycles. The summed E-state index contributed by atoms with van der Waals surface area (Å²) in [6.45, 7) is 0.